The van der Waals surface area contributed by atoms with E-state index in [1.807, 2.05) is 30.3 Å². The Morgan fingerprint density at radius 1 is 0.933 bits per heavy atom. The van der Waals surface area contributed by atoms with E-state index in [1.165, 1.54) is 12.1 Å². The Morgan fingerprint density at radius 3 is 2.27 bits per heavy atom. The molecule has 1 heterocycles. The molecule has 0 amide bonds. The van der Waals surface area contributed by atoms with Gasteiger partial charge in [0.25, 0.3) is 0 Å². The molecular formula is C22H16ClFN2O3S. The molecule has 5 nitrogen and oxygen atoms in total. The zero-order valence-electron chi connectivity index (χ0n) is 15.5. The van der Waals surface area contributed by atoms with E-state index < -0.39 is 15.7 Å². The van der Waals surface area contributed by atoms with Gasteiger partial charge >= 0.3 is 0 Å². The molecule has 0 fully saturated rings. The molecule has 0 radical (unpaired) electrons. The molecule has 0 bridgehead atoms. The van der Waals surface area contributed by atoms with Gasteiger partial charge in [0.2, 0.25) is 26.6 Å². The van der Waals surface area contributed by atoms with Crippen LogP contribution >= 0.6 is 11.6 Å². The summed E-state index contributed by atoms with van der Waals surface area (Å²) < 4.78 is 45.4. The number of hydrogen-bond donors (Lipinski definition) is 1. The zero-order chi connectivity index (χ0) is 21.1. The fourth-order valence-corrected chi connectivity index (χ4v) is 4.22. The van der Waals surface area contributed by atoms with E-state index in [0.29, 0.717) is 17.1 Å². The molecule has 0 saturated carbocycles. The molecule has 0 aliphatic carbocycles. The van der Waals surface area contributed by atoms with Gasteiger partial charge in [-0.25, -0.2) is 12.8 Å². The van der Waals surface area contributed by atoms with E-state index in [4.69, 9.17) is 16.0 Å². The lowest BCUT2D eigenvalue weighted by Gasteiger charge is -2.06. The lowest BCUT2D eigenvalue weighted by atomic mass is 10.2. The van der Waals surface area contributed by atoms with E-state index in [9.17, 15) is 12.8 Å². The molecule has 0 aliphatic rings. The van der Waals surface area contributed by atoms with Crippen LogP contribution in [0.15, 0.2) is 93.2 Å². The summed E-state index contributed by atoms with van der Waals surface area (Å²) in [6.45, 7) is 0.335. The second kappa shape index (κ2) is 8.30. The largest absolute Gasteiger partial charge is 0.419 e. The van der Waals surface area contributed by atoms with Crippen molar-refractivity contribution < 1.29 is 17.2 Å². The van der Waals surface area contributed by atoms with Crippen LogP contribution < -0.4 is 5.32 Å². The number of benzene rings is 3. The van der Waals surface area contributed by atoms with Crippen molar-refractivity contribution in [2.75, 3.05) is 5.32 Å². The summed E-state index contributed by atoms with van der Waals surface area (Å²) in [5, 5.41) is 3.28. The molecule has 1 aromatic heterocycles. The molecule has 0 spiro atoms. The van der Waals surface area contributed by atoms with Crippen LogP contribution in [0.25, 0.3) is 11.5 Å². The Morgan fingerprint density at radius 2 is 1.60 bits per heavy atom. The van der Waals surface area contributed by atoms with Crippen molar-refractivity contribution in [3.05, 3.63) is 95.3 Å². The highest BCUT2D eigenvalue weighted by atomic mass is 35.5. The maximum absolute atomic E-state index is 13.3. The van der Waals surface area contributed by atoms with Gasteiger partial charge in [0.15, 0.2) is 0 Å². The van der Waals surface area contributed by atoms with Crippen LogP contribution in [-0.4, -0.2) is 13.4 Å². The minimum atomic E-state index is -4.05. The van der Waals surface area contributed by atoms with Gasteiger partial charge < -0.3 is 9.73 Å². The van der Waals surface area contributed by atoms with Crippen LogP contribution in [0.5, 0.6) is 0 Å². The number of aromatic nitrogens is 1. The summed E-state index contributed by atoms with van der Waals surface area (Å²) in [5.41, 5.74) is 1.51. The predicted molar refractivity (Wildman–Crippen MR) is 113 cm³/mol. The van der Waals surface area contributed by atoms with Gasteiger partial charge in [0.05, 0.1) is 4.90 Å². The minimum Gasteiger partial charge on any atom is -0.419 e. The fraction of sp³-hybridized carbons (Fsp3) is 0.0455. The number of nitrogens with one attached hydrogen (secondary N) is 1. The number of sulfone groups is 1. The van der Waals surface area contributed by atoms with Crippen LogP contribution in [0.2, 0.25) is 5.02 Å². The second-order valence-corrected chi connectivity index (χ2v) is 8.76. The summed E-state index contributed by atoms with van der Waals surface area (Å²) in [5.74, 6) is -0.394. The molecule has 4 rings (SSSR count). The van der Waals surface area contributed by atoms with Crippen molar-refractivity contribution in [2.45, 2.75) is 16.5 Å². The maximum atomic E-state index is 13.3. The van der Waals surface area contributed by atoms with Gasteiger partial charge in [-0.05, 0) is 54.1 Å². The number of oxazole rings is 1. The Balaban J connectivity index is 1.76. The smallest absolute Gasteiger partial charge is 0.234 e. The number of anilines is 1. The molecule has 0 aliphatic heterocycles. The van der Waals surface area contributed by atoms with Gasteiger partial charge in [0.1, 0.15) is 5.82 Å². The molecule has 4 aromatic rings. The molecule has 0 atom stereocenters. The van der Waals surface area contributed by atoms with Crippen LogP contribution in [0.4, 0.5) is 10.3 Å². The molecule has 0 unspecified atom stereocenters. The monoisotopic (exact) mass is 442 g/mol. The minimum absolute atomic E-state index is 0.00753. The van der Waals surface area contributed by atoms with Crippen LogP contribution in [0, 0.1) is 5.82 Å². The summed E-state index contributed by atoms with van der Waals surface area (Å²) in [4.78, 5) is 4.16. The van der Waals surface area contributed by atoms with Crippen molar-refractivity contribution in [1.29, 1.82) is 0 Å². The van der Waals surface area contributed by atoms with E-state index in [2.05, 4.69) is 10.3 Å². The summed E-state index contributed by atoms with van der Waals surface area (Å²) in [6, 6.07) is 20.7. The first-order valence-corrected chi connectivity index (χ1v) is 10.8. The van der Waals surface area contributed by atoms with Crippen molar-refractivity contribution in [3.8, 4) is 11.5 Å². The third kappa shape index (κ3) is 4.22. The Kier molecular flexibility index (Phi) is 5.57. The van der Waals surface area contributed by atoms with Gasteiger partial charge in [-0.1, -0.05) is 41.9 Å². The summed E-state index contributed by atoms with van der Waals surface area (Å²) in [6.07, 6.45) is 0. The lowest BCUT2D eigenvalue weighted by Crippen LogP contribution is -2.07. The quantitative estimate of drug-likeness (QED) is 0.395. The lowest BCUT2D eigenvalue weighted by molar-refractivity contribution is 0.576. The Bertz CT molecular complexity index is 1260. The number of halogens is 2. The molecule has 8 heteroatoms. The van der Waals surface area contributed by atoms with Crippen LogP contribution in [0.1, 0.15) is 5.56 Å². The first-order chi connectivity index (χ1) is 14.4. The number of nitrogens with zero attached hydrogens (tertiary/aromatic N) is 1. The van der Waals surface area contributed by atoms with E-state index in [-0.39, 0.29) is 21.7 Å². The van der Waals surface area contributed by atoms with Gasteiger partial charge in [-0.15, -0.1) is 0 Å². The second-order valence-electron chi connectivity index (χ2n) is 6.46. The first kappa shape index (κ1) is 20.1. The van der Waals surface area contributed by atoms with Gasteiger partial charge in [0, 0.05) is 17.1 Å². The molecule has 30 heavy (non-hydrogen) atoms. The van der Waals surface area contributed by atoms with Crippen molar-refractivity contribution in [1.82, 2.24) is 4.98 Å². The van der Waals surface area contributed by atoms with Crippen molar-refractivity contribution >= 4 is 27.3 Å². The molecule has 3 aromatic carbocycles. The molecule has 0 saturated heterocycles. The molecule has 1 N–H and O–H groups in total. The van der Waals surface area contributed by atoms with Gasteiger partial charge in [-0.3, -0.25) is 0 Å². The van der Waals surface area contributed by atoms with Crippen molar-refractivity contribution in [2.24, 2.45) is 0 Å². The zero-order valence-corrected chi connectivity index (χ0v) is 17.1. The van der Waals surface area contributed by atoms with Crippen LogP contribution in [0.3, 0.4) is 0 Å². The highest BCUT2D eigenvalue weighted by Gasteiger charge is 2.28. The predicted octanol–water partition coefficient (Wildman–Crippen LogP) is 5.58. The van der Waals surface area contributed by atoms with Crippen molar-refractivity contribution in [3.63, 3.8) is 0 Å². The topological polar surface area (TPSA) is 72.2 Å². The van der Waals surface area contributed by atoms with E-state index >= 15 is 0 Å². The third-order valence-electron chi connectivity index (χ3n) is 4.36. The highest BCUT2D eigenvalue weighted by molar-refractivity contribution is 7.91. The Labute approximate surface area is 178 Å². The third-order valence-corrected chi connectivity index (χ3v) is 6.29. The average molecular weight is 443 g/mol. The van der Waals surface area contributed by atoms with E-state index in [1.54, 1.807) is 24.3 Å². The summed E-state index contributed by atoms with van der Waals surface area (Å²) in [7, 11) is -4.05. The first-order valence-electron chi connectivity index (χ1n) is 8.99. The Hall–Kier alpha value is -3.16. The summed E-state index contributed by atoms with van der Waals surface area (Å²) >= 11 is 5.93. The SMILES string of the molecule is O=S(=O)(c1ccc(F)cc1)c1nc(-c2ccc(Cl)cc2)oc1NCc1ccccc1. The average Bonchev–Trinajstić information content (AvgIpc) is 3.19. The standard InChI is InChI=1S/C22H16ClFN2O3S/c23-17-8-6-16(7-9-17)20-26-22(30(27,28)19-12-10-18(24)11-13-19)21(29-20)25-14-15-4-2-1-3-5-15/h1-13,25H,14H2. The normalized spacial score (nSPS) is 11.4. The molecule has 152 valence electrons. The van der Waals surface area contributed by atoms with Crippen LogP contribution in [-0.2, 0) is 16.4 Å². The maximum Gasteiger partial charge on any atom is 0.234 e. The van der Waals surface area contributed by atoms with E-state index in [0.717, 1.165) is 17.7 Å². The fourth-order valence-electron chi connectivity index (χ4n) is 2.82. The number of hydrogen-bond acceptors (Lipinski definition) is 5. The van der Waals surface area contributed by atoms with Gasteiger partial charge in [-0.2, -0.15) is 4.98 Å². The highest BCUT2D eigenvalue weighted by Crippen LogP contribution is 2.33. The molecular weight excluding hydrogens is 427 g/mol. The number of rotatable bonds is 6.